The molecular formula is C23H27N3O4. The first-order chi connectivity index (χ1) is 14.2. The van der Waals surface area contributed by atoms with Crippen molar-refractivity contribution in [3.05, 3.63) is 65.2 Å². The second kappa shape index (κ2) is 8.57. The van der Waals surface area contributed by atoms with Crippen LogP contribution in [0, 0.1) is 13.8 Å². The van der Waals surface area contributed by atoms with Crippen molar-refractivity contribution in [2.45, 2.75) is 26.3 Å². The van der Waals surface area contributed by atoms with Gasteiger partial charge in [-0.15, -0.1) is 0 Å². The van der Waals surface area contributed by atoms with Crippen LogP contribution in [0.2, 0.25) is 0 Å². The number of carbonyl (C=O) groups is 3. The molecule has 7 heteroatoms. The summed E-state index contributed by atoms with van der Waals surface area (Å²) < 4.78 is 5.64. The highest BCUT2D eigenvalue weighted by Crippen LogP contribution is 2.29. The lowest BCUT2D eigenvalue weighted by Crippen LogP contribution is -2.44. The Hall–Kier alpha value is -3.35. The number of hydrogen-bond donors (Lipinski definition) is 1. The van der Waals surface area contributed by atoms with Crippen molar-refractivity contribution in [1.82, 2.24) is 15.1 Å². The average molecular weight is 409 g/mol. The van der Waals surface area contributed by atoms with Crippen LogP contribution in [0.5, 0.6) is 5.75 Å². The van der Waals surface area contributed by atoms with Crippen molar-refractivity contribution in [2.24, 2.45) is 0 Å². The minimum Gasteiger partial charge on any atom is -0.492 e. The minimum absolute atomic E-state index is 0.312. The first kappa shape index (κ1) is 21.4. The average Bonchev–Trinajstić information content (AvgIpc) is 2.93. The Morgan fingerprint density at radius 1 is 1.03 bits per heavy atom. The zero-order chi connectivity index (χ0) is 21.9. The number of carbonyl (C=O) groups excluding carboxylic acids is 3. The number of nitrogens with one attached hydrogen (secondary N) is 1. The van der Waals surface area contributed by atoms with E-state index in [2.05, 4.69) is 5.32 Å². The van der Waals surface area contributed by atoms with Crippen LogP contribution >= 0.6 is 0 Å². The summed E-state index contributed by atoms with van der Waals surface area (Å²) in [5, 5.41) is 2.72. The van der Waals surface area contributed by atoms with Crippen molar-refractivity contribution >= 4 is 17.8 Å². The van der Waals surface area contributed by atoms with Crippen LogP contribution in [0.4, 0.5) is 4.79 Å². The Kier molecular flexibility index (Phi) is 6.10. The Labute approximate surface area is 176 Å². The second-order valence-corrected chi connectivity index (χ2v) is 7.79. The fourth-order valence-electron chi connectivity index (χ4n) is 3.24. The largest absolute Gasteiger partial charge is 0.492 e. The topological polar surface area (TPSA) is 79.0 Å². The van der Waals surface area contributed by atoms with Gasteiger partial charge in [-0.2, -0.15) is 0 Å². The van der Waals surface area contributed by atoms with Gasteiger partial charge < -0.3 is 15.0 Å². The fraction of sp³-hybridized carbons (Fsp3) is 0.348. The van der Waals surface area contributed by atoms with Gasteiger partial charge in [0.1, 0.15) is 24.4 Å². The third kappa shape index (κ3) is 4.45. The van der Waals surface area contributed by atoms with E-state index in [0.29, 0.717) is 18.7 Å². The molecule has 2 aromatic rings. The van der Waals surface area contributed by atoms with Crippen LogP contribution in [-0.4, -0.2) is 54.4 Å². The predicted molar refractivity (Wildman–Crippen MR) is 113 cm³/mol. The van der Waals surface area contributed by atoms with Crippen molar-refractivity contribution in [3.8, 4) is 5.75 Å². The number of aryl methyl sites for hydroxylation is 2. The van der Waals surface area contributed by atoms with Gasteiger partial charge in [0, 0.05) is 7.05 Å². The molecule has 1 unspecified atom stereocenters. The van der Waals surface area contributed by atoms with Gasteiger partial charge in [-0.3, -0.25) is 14.5 Å². The van der Waals surface area contributed by atoms with Crippen LogP contribution in [-0.2, 0) is 15.1 Å². The quantitative estimate of drug-likeness (QED) is 0.713. The van der Waals surface area contributed by atoms with E-state index in [-0.39, 0.29) is 12.5 Å². The maximum atomic E-state index is 13.0. The predicted octanol–water partition coefficient (Wildman–Crippen LogP) is 2.61. The highest BCUT2D eigenvalue weighted by atomic mass is 16.5. The van der Waals surface area contributed by atoms with Crippen LogP contribution in [0.1, 0.15) is 23.6 Å². The standard InChI is InChI=1S/C23H27N3O4/c1-16-5-9-18(10-6-16)23(3)21(28)26(22(29)24-23)15-20(27)25(4)13-14-30-19-11-7-17(2)8-12-19/h5-12H,13-15H2,1-4H3,(H,24,29). The van der Waals surface area contributed by atoms with Crippen LogP contribution in [0.25, 0.3) is 0 Å². The molecule has 1 fully saturated rings. The van der Waals surface area contributed by atoms with Crippen molar-refractivity contribution in [3.63, 3.8) is 0 Å². The number of benzene rings is 2. The van der Waals surface area contributed by atoms with Gasteiger partial charge in [-0.05, 0) is 38.5 Å². The lowest BCUT2D eigenvalue weighted by Gasteiger charge is -2.23. The maximum absolute atomic E-state index is 13.0. The first-order valence-electron chi connectivity index (χ1n) is 9.85. The number of likely N-dealkylation sites (N-methyl/N-ethyl adjacent to an activating group) is 1. The Balaban J connectivity index is 1.57. The molecule has 0 radical (unpaired) electrons. The molecule has 1 atom stereocenters. The molecular weight excluding hydrogens is 382 g/mol. The summed E-state index contributed by atoms with van der Waals surface area (Å²) in [6.07, 6.45) is 0. The highest BCUT2D eigenvalue weighted by Gasteiger charge is 2.49. The number of urea groups is 1. The molecule has 30 heavy (non-hydrogen) atoms. The molecule has 1 N–H and O–H groups in total. The van der Waals surface area contributed by atoms with E-state index >= 15 is 0 Å². The molecule has 1 saturated heterocycles. The summed E-state index contributed by atoms with van der Waals surface area (Å²) in [5.74, 6) is -0.0439. The van der Waals surface area contributed by atoms with Gasteiger partial charge in [0.15, 0.2) is 0 Å². The molecule has 1 aliphatic heterocycles. The zero-order valence-corrected chi connectivity index (χ0v) is 17.8. The summed E-state index contributed by atoms with van der Waals surface area (Å²) in [6.45, 7) is 5.94. The maximum Gasteiger partial charge on any atom is 0.325 e. The number of rotatable bonds is 7. The van der Waals surface area contributed by atoms with E-state index in [1.807, 2.05) is 62.4 Å². The summed E-state index contributed by atoms with van der Waals surface area (Å²) in [4.78, 5) is 40.4. The van der Waals surface area contributed by atoms with Gasteiger partial charge in [0.05, 0.1) is 6.54 Å². The lowest BCUT2D eigenvalue weighted by molar-refractivity contribution is -0.138. The number of imide groups is 1. The van der Waals surface area contributed by atoms with Crippen molar-refractivity contribution in [2.75, 3.05) is 26.7 Å². The van der Waals surface area contributed by atoms with E-state index in [4.69, 9.17) is 4.74 Å². The van der Waals surface area contributed by atoms with E-state index in [1.165, 1.54) is 4.90 Å². The monoisotopic (exact) mass is 409 g/mol. The molecule has 1 aliphatic rings. The highest BCUT2D eigenvalue weighted by molar-refractivity contribution is 6.09. The summed E-state index contributed by atoms with van der Waals surface area (Å²) in [7, 11) is 1.62. The van der Waals surface area contributed by atoms with Gasteiger partial charge in [-0.1, -0.05) is 47.5 Å². The van der Waals surface area contributed by atoms with E-state index < -0.39 is 17.5 Å². The van der Waals surface area contributed by atoms with E-state index in [0.717, 1.165) is 21.8 Å². The van der Waals surface area contributed by atoms with Crippen molar-refractivity contribution in [1.29, 1.82) is 0 Å². The van der Waals surface area contributed by atoms with Crippen LogP contribution in [0.15, 0.2) is 48.5 Å². The van der Waals surface area contributed by atoms with Crippen LogP contribution in [0.3, 0.4) is 0 Å². The van der Waals surface area contributed by atoms with Crippen LogP contribution < -0.4 is 10.1 Å². The summed E-state index contributed by atoms with van der Waals surface area (Å²) >= 11 is 0. The molecule has 0 spiro atoms. The van der Waals surface area contributed by atoms with E-state index in [9.17, 15) is 14.4 Å². The Morgan fingerprint density at radius 3 is 2.20 bits per heavy atom. The number of ether oxygens (including phenoxy) is 1. The molecule has 4 amide bonds. The molecule has 0 aliphatic carbocycles. The Morgan fingerprint density at radius 2 is 1.60 bits per heavy atom. The zero-order valence-electron chi connectivity index (χ0n) is 17.8. The molecule has 0 aromatic heterocycles. The SMILES string of the molecule is Cc1ccc(OCCN(C)C(=O)CN2C(=O)NC(C)(c3ccc(C)cc3)C2=O)cc1. The molecule has 7 nitrogen and oxygen atoms in total. The fourth-order valence-corrected chi connectivity index (χ4v) is 3.24. The first-order valence-corrected chi connectivity index (χ1v) is 9.85. The molecule has 2 aromatic carbocycles. The van der Waals surface area contributed by atoms with Gasteiger partial charge in [0.25, 0.3) is 5.91 Å². The third-order valence-electron chi connectivity index (χ3n) is 5.34. The summed E-state index contributed by atoms with van der Waals surface area (Å²) in [6, 6.07) is 14.5. The number of hydrogen-bond acceptors (Lipinski definition) is 4. The normalized spacial score (nSPS) is 18.3. The number of nitrogens with zero attached hydrogens (tertiary/aromatic N) is 2. The van der Waals surface area contributed by atoms with Gasteiger partial charge in [-0.25, -0.2) is 4.79 Å². The molecule has 1 heterocycles. The summed E-state index contributed by atoms with van der Waals surface area (Å²) in [5.41, 5.74) is 1.70. The third-order valence-corrected chi connectivity index (χ3v) is 5.34. The minimum atomic E-state index is -1.18. The van der Waals surface area contributed by atoms with Crippen molar-refractivity contribution < 1.29 is 19.1 Å². The molecule has 0 bridgehead atoms. The molecule has 0 saturated carbocycles. The lowest BCUT2D eigenvalue weighted by atomic mass is 9.91. The molecule has 3 rings (SSSR count). The van der Waals surface area contributed by atoms with Gasteiger partial charge >= 0.3 is 6.03 Å². The van der Waals surface area contributed by atoms with Gasteiger partial charge in [0.2, 0.25) is 5.91 Å². The Bertz CT molecular complexity index is 940. The molecule has 158 valence electrons. The smallest absolute Gasteiger partial charge is 0.325 e. The number of amides is 4. The van der Waals surface area contributed by atoms with E-state index in [1.54, 1.807) is 14.0 Å². The second-order valence-electron chi connectivity index (χ2n) is 7.79.